The number of pyridine rings is 1. The molecule has 0 unspecified atom stereocenters. The minimum absolute atomic E-state index is 0.132. The highest BCUT2D eigenvalue weighted by atomic mass is 32.1. The van der Waals surface area contributed by atoms with Crippen LogP contribution < -0.4 is 10.1 Å². The molecule has 0 radical (unpaired) electrons. The number of halogens is 1. The van der Waals surface area contributed by atoms with Crippen molar-refractivity contribution in [1.82, 2.24) is 15.3 Å². The number of ether oxygens (including phenoxy) is 1. The summed E-state index contributed by atoms with van der Waals surface area (Å²) in [5, 5.41) is 4.80. The molecule has 4 rings (SSSR count). The van der Waals surface area contributed by atoms with Crippen LogP contribution in [-0.2, 0) is 6.42 Å². The van der Waals surface area contributed by atoms with Gasteiger partial charge >= 0.3 is 0 Å². The van der Waals surface area contributed by atoms with Crippen molar-refractivity contribution in [3.05, 3.63) is 87.8 Å². The third-order valence-electron chi connectivity index (χ3n) is 4.78. The Balaban J connectivity index is 1.27. The zero-order valence-electron chi connectivity index (χ0n) is 17.1. The summed E-state index contributed by atoms with van der Waals surface area (Å²) in [5.74, 6) is 0.347. The molecule has 0 atom stereocenters. The second kappa shape index (κ2) is 9.66. The molecule has 31 heavy (non-hydrogen) atoms. The fraction of sp³-hybridized carbons (Fsp3) is 0.208. The van der Waals surface area contributed by atoms with E-state index >= 15 is 0 Å². The van der Waals surface area contributed by atoms with Crippen molar-refractivity contribution in [2.75, 3.05) is 13.2 Å². The van der Waals surface area contributed by atoms with Gasteiger partial charge in [0, 0.05) is 24.5 Å². The van der Waals surface area contributed by atoms with Crippen LogP contribution in [0.25, 0.3) is 10.9 Å². The number of aryl methyl sites for hydroxylation is 1. The quantitative estimate of drug-likeness (QED) is 0.399. The molecule has 0 spiro atoms. The standard InChI is InChI=1S/C24H22FN3O2S/c1-16-23(31-21(28-16)15-17-8-10-19(25)11-9-17)24(29)27-13-4-14-30-20-7-2-5-18-6-3-12-26-22(18)20/h2-3,5-12H,4,13-15H2,1H3,(H,27,29). The number of hydrogen-bond acceptors (Lipinski definition) is 5. The summed E-state index contributed by atoms with van der Waals surface area (Å²) in [6.45, 7) is 2.81. The van der Waals surface area contributed by atoms with Crippen LogP contribution in [0.5, 0.6) is 5.75 Å². The Morgan fingerprint density at radius 3 is 2.77 bits per heavy atom. The van der Waals surface area contributed by atoms with Crippen molar-refractivity contribution >= 4 is 28.1 Å². The van der Waals surface area contributed by atoms with Gasteiger partial charge in [-0.2, -0.15) is 0 Å². The number of fused-ring (bicyclic) bond motifs is 1. The maximum Gasteiger partial charge on any atom is 0.263 e. The molecule has 0 saturated carbocycles. The van der Waals surface area contributed by atoms with E-state index in [9.17, 15) is 9.18 Å². The van der Waals surface area contributed by atoms with Gasteiger partial charge in [-0.3, -0.25) is 9.78 Å². The van der Waals surface area contributed by atoms with Crippen LogP contribution in [0.2, 0.25) is 0 Å². The molecule has 2 heterocycles. The van der Waals surface area contributed by atoms with Gasteiger partial charge in [0.15, 0.2) is 0 Å². The van der Waals surface area contributed by atoms with Crippen LogP contribution in [0.4, 0.5) is 4.39 Å². The molecule has 0 bridgehead atoms. The fourth-order valence-corrected chi connectivity index (χ4v) is 4.26. The lowest BCUT2D eigenvalue weighted by molar-refractivity contribution is 0.0955. The van der Waals surface area contributed by atoms with Gasteiger partial charge in [0.2, 0.25) is 0 Å². The van der Waals surface area contributed by atoms with Crippen LogP contribution in [0.15, 0.2) is 60.8 Å². The first-order valence-electron chi connectivity index (χ1n) is 10.1. The number of carbonyl (C=O) groups is 1. The maximum absolute atomic E-state index is 13.1. The predicted molar refractivity (Wildman–Crippen MR) is 120 cm³/mol. The number of thiazole rings is 1. The van der Waals surface area contributed by atoms with Crippen molar-refractivity contribution in [1.29, 1.82) is 0 Å². The number of carbonyl (C=O) groups excluding carboxylic acids is 1. The molecule has 4 aromatic rings. The third kappa shape index (κ3) is 5.24. The Morgan fingerprint density at radius 2 is 1.94 bits per heavy atom. The van der Waals surface area contributed by atoms with E-state index in [2.05, 4.69) is 15.3 Å². The maximum atomic E-state index is 13.1. The average Bonchev–Trinajstić information content (AvgIpc) is 3.15. The van der Waals surface area contributed by atoms with Crippen LogP contribution in [0.3, 0.4) is 0 Å². The Kier molecular flexibility index (Phi) is 6.52. The lowest BCUT2D eigenvalue weighted by Crippen LogP contribution is -2.25. The number of amides is 1. The van der Waals surface area contributed by atoms with Crippen molar-refractivity contribution in [3.63, 3.8) is 0 Å². The lowest BCUT2D eigenvalue weighted by atomic mass is 10.1. The summed E-state index contributed by atoms with van der Waals surface area (Å²) in [7, 11) is 0. The van der Waals surface area contributed by atoms with Gasteiger partial charge in [0.05, 0.1) is 17.3 Å². The van der Waals surface area contributed by atoms with Crippen molar-refractivity contribution in [2.24, 2.45) is 0 Å². The molecule has 0 aliphatic rings. The molecular weight excluding hydrogens is 413 g/mol. The molecule has 2 aromatic heterocycles. The molecule has 2 aromatic carbocycles. The van der Waals surface area contributed by atoms with Crippen LogP contribution in [0, 0.1) is 12.7 Å². The van der Waals surface area contributed by atoms with Crippen molar-refractivity contribution in [3.8, 4) is 5.75 Å². The molecule has 0 saturated heterocycles. The normalized spacial score (nSPS) is 10.9. The highest BCUT2D eigenvalue weighted by Crippen LogP contribution is 2.23. The summed E-state index contributed by atoms with van der Waals surface area (Å²) in [6, 6.07) is 16.1. The zero-order valence-corrected chi connectivity index (χ0v) is 17.9. The summed E-state index contributed by atoms with van der Waals surface area (Å²) < 4.78 is 18.9. The van der Waals surface area contributed by atoms with Gasteiger partial charge in [-0.25, -0.2) is 9.37 Å². The number of aromatic nitrogens is 2. The molecule has 158 valence electrons. The first-order chi connectivity index (χ1) is 15.1. The van der Waals surface area contributed by atoms with E-state index < -0.39 is 0 Å². The van der Waals surface area contributed by atoms with Gasteiger partial charge < -0.3 is 10.1 Å². The summed E-state index contributed by atoms with van der Waals surface area (Å²) in [6.07, 6.45) is 3.00. The molecule has 0 aliphatic carbocycles. The van der Waals surface area contributed by atoms with E-state index in [4.69, 9.17) is 4.74 Å². The molecule has 5 nitrogen and oxygen atoms in total. The largest absolute Gasteiger partial charge is 0.491 e. The van der Waals surface area contributed by atoms with Crippen LogP contribution in [0.1, 0.15) is 32.4 Å². The molecular formula is C24H22FN3O2S. The number of hydrogen-bond donors (Lipinski definition) is 1. The second-order valence-corrected chi connectivity index (χ2v) is 8.20. The highest BCUT2D eigenvalue weighted by Gasteiger charge is 2.15. The number of benzene rings is 2. The first-order valence-corrected chi connectivity index (χ1v) is 10.9. The van der Waals surface area contributed by atoms with Crippen molar-refractivity contribution in [2.45, 2.75) is 19.8 Å². The highest BCUT2D eigenvalue weighted by molar-refractivity contribution is 7.13. The topological polar surface area (TPSA) is 64.1 Å². The molecule has 0 fully saturated rings. The van der Waals surface area contributed by atoms with Gasteiger partial charge in [-0.15, -0.1) is 11.3 Å². The first kappa shape index (κ1) is 20.9. The number of para-hydroxylation sites is 1. The number of nitrogens with zero attached hydrogens (tertiary/aromatic N) is 2. The van der Waals surface area contributed by atoms with E-state index in [-0.39, 0.29) is 11.7 Å². The van der Waals surface area contributed by atoms with Gasteiger partial charge in [-0.1, -0.05) is 30.3 Å². The van der Waals surface area contributed by atoms with Gasteiger partial charge in [-0.05, 0) is 43.2 Å². The Labute approximate surface area is 183 Å². The van der Waals surface area contributed by atoms with Crippen molar-refractivity contribution < 1.29 is 13.9 Å². The minimum atomic E-state index is -0.264. The molecule has 0 aliphatic heterocycles. The van der Waals surface area contributed by atoms with Gasteiger partial charge in [0.25, 0.3) is 5.91 Å². The lowest BCUT2D eigenvalue weighted by Gasteiger charge is -2.09. The molecule has 1 amide bonds. The second-order valence-electron chi connectivity index (χ2n) is 7.11. The Hall–Kier alpha value is -3.32. The third-order valence-corrected chi connectivity index (χ3v) is 5.93. The zero-order chi connectivity index (χ0) is 21.6. The summed E-state index contributed by atoms with van der Waals surface area (Å²) in [5.41, 5.74) is 2.50. The summed E-state index contributed by atoms with van der Waals surface area (Å²) >= 11 is 1.37. The fourth-order valence-electron chi connectivity index (χ4n) is 3.24. The average molecular weight is 436 g/mol. The van der Waals surface area contributed by atoms with Crippen LogP contribution in [-0.4, -0.2) is 29.0 Å². The van der Waals surface area contributed by atoms with E-state index in [1.54, 1.807) is 18.3 Å². The minimum Gasteiger partial charge on any atom is -0.491 e. The number of rotatable bonds is 8. The van der Waals surface area contributed by atoms with E-state index in [1.807, 2.05) is 37.3 Å². The van der Waals surface area contributed by atoms with Gasteiger partial charge in [0.1, 0.15) is 22.0 Å². The van der Waals surface area contributed by atoms with Crippen LogP contribution >= 0.6 is 11.3 Å². The molecule has 1 N–H and O–H groups in total. The Bertz CT molecular complexity index is 1190. The monoisotopic (exact) mass is 435 g/mol. The van der Waals surface area contributed by atoms with E-state index in [1.165, 1.54) is 23.5 Å². The number of nitrogens with one attached hydrogen (secondary N) is 1. The predicted octanol–water partition coefficient (Wildman–Crippen LogP) is 4.93. The summed E-state index contributed by atoms with van der Waals surface area (Å²) in [4.78, 5) is 22.0. The van der Waals surface area contributed by atoms with E-state index in [0.717, 1.165) is 27.2 Å². The SMILES string of the molecule is Cc1nc(Cc2ccc(F)cc2)sc1C(=O)NCCCOc1cccc2cccnc12. The Morgan fingerprint density at radius 1 is 1.13 bits per heavy atom. The van der Waals surface area contributed by atoms with E-state index in [0.29, 0.717) is 36.6 Å². The smallest absolute Gasteiger partial charge is 0.263 e. The molecule has 7 heteroatoms.